The lowest BCUT2D eigenvalue weighted by Crippen LogP contribution is -2.31. The molecule has 2 heterocycles. The van der Waals surface area contributed by atoms with Crippen LogP contribution in [0.25, 0.3) is 22.3 Å². The Morgan fingerprint density at radius 2 is 1.40 bits per heavy atom. The van der Waals surface area contributed by atoms with Crippen molar-refractivity contribution in [3.05, 3.63) is 93.6 Å². The maximum atomic E-state index is 14.5. The van der Waals surface area contributed by atoms with Crippen molar-refractivity contribution in [1.82, 2.24) is 0 Å². The highest BCUT2D eigenvalue weighted by Gasteiger charge is 2.44. The number of ether oxygens (including phenoxy) is 5. The first-order valence-corrected chi connectivity index (χ1v) is 13.7. The third-order valence-corrected chi connectivity index (χ3v) is 7.80. The zero-order valence-electron chi connectivity index (χ0n) is 24.6. The topological polar surface area (TPSA) is 154 Å². The highest BCUT2D eigenvalue weighted by molar-refractivity contribution is 6.09. The summed E-state index contributed by atoms with van der Waals surface area (Å²) in [4.78, 5) is 28.0. The molecule has 1 aromatic heterocycles. The van der Waals surface area contributed by atoms with E-state index in [1.165, 1.54) is 64.8 Å². The van der Waals surface area contributed by atoms with Crippen LogP contribution in [-0.4, -0.2) is 49.5 Å². The Hall–Kier alpha value is -5.84. The summed E-state index contributed by atoms with van der Waals surface area (Å²) < 4.78 is 34.1. The number of fused-ring (bicyclic) bond motifs is 2. The van der Waals surface area contributed by atoms with E-state index in [9.17, 15) is 24.9 Å². The van der Waals surface area contributed by atoms with Gasteiger partial charge in [-0.1, -0.05) is 12.1 Å². The summed E-state index contributed by atoms with van der Waals surface area (Å²) in [6.07, 6.45) is -1.02. The molecular weight excluding hydrogens is 584 g/mol. The zero-order chi connectivity index (χ0) is 32.0. The molecule has 230 valence electrons. The van der Waals surface area contributed by atoms with Crippen molar-refractivity contribution < 1.29 is 48.2 Å². The summed E-state index contributed by atoms with van der Waals surface area (Å²) in [5.74, 6) is -1.57. The molecule has 0 saturated carbocycles. The van der Waals surface area contributed by atoms with E-state index in [4.69, 9.17) is 28.1 Å². The van der Waals surface area contributed by atoms with Crippen LogP contribution in [0.3, 0.4) is 0 Å². The van der Waals surface area contributed by atoms with Gasteiger partial charge in [0.05, 0.1) is 39.9 Å². The standard InChI is InChI=1S/C34H28O11/c1-40-18-8-5-16(6-9-18)33-31(32(39)29-21(36)12-19(41-2)13-27(29)45-33)30-26(43-4)15-23(38)28-22(37)14-25(44-34(28)30)17-7-10-24(42-3)20(35)11-17/h5-15,31,33,35-36,38H,1-4H3. The van der Waals surface area contributed by atoms with Crippen molar-refractivity contribution in [3.8, 4) is 57.3 Å². The summed E-state index contributed by atoms with van der Waals surface area (Å²) in [5, 5.41) is 32.1. The fourth-order valence-electron chi connectivity index (χ4n) is 5.63. The summed E-state index contributed by atoms with van der Waals surface area (Å²) in [6, 6.07) is 16.5. The molecule has 5 aromatic rings. The molecule has 11 nitrogen and oxygen atoms in total. The molecule has 11 heteroatoms. The monoisotopic (exact) mass is 612 g/mol. The molecule has 0 bridgehead atoms. The van der Waals surface area contributed by atoms with Gasteiger partial charge < -0.3 is 43.4 Å². The maximum absolute atomic E-state index is 14.5. The fourth-order valence-corrected chi connectivity index (χ4v) is 5.63. The normalized spacial score (nSPS) is 15.7. The number of methoxy groups -OCH3 is 4. The Kier molecular flexibility index (Phi) is 7.37. The van der Waals surface area contributed by atoms with Crippen molar-refractivity contribution in [2.24, 2.45) is 0 Å². The summed E-state index contributed by atoms with van der Waals surface area (Å²) in [6.45, 7) is 0. The van der Waals surface area contributed by atoms with Crippen LogP contribution in [0.5, 0.6) is 46.0 Å². The summed E-state index contributed by atoms with van der Waals surface area (Å²) >= 11 is 0. The molecule has 0 saturated heterocycles. The molecule has 3 N–H and O–H groups in total. The van der Waals surface area contributed by atoms with E-state index in [-0.39, 0.29) is 62.4 Å². The first-order valence-electron chi connectivity index (χ1n) is 13.7. The number of hydrogen-bond acceptors (Lipinski definition) is 11. The van der Waals surface area contributed by atoms with Crippen LogP contribution in [0, 0.1) is 0 Å². The van der Waals surface area contributed by atoms with E-state index < -0.39 is 29.0 Å². The predicted molar refractivity (Wildman–Crippen MR) is 162 cm³/mol. The van der Waals surface area contributed by atoms with Gasteiger partial charge in [-0.15, -0.1) is 0 Å². The van der Waals surface area contributed by atoms with Gasteiger partial charge >= 0.3 is 0 Å². The minimum atomic E-state index is -1.24. The minimum Gasteiger partial charge on any atom is -0.507 e. The third kappa shape index (κ3) is 4.88. The summed E-state index contributed by atoms with van der Waals surface area (Å²) in [5.41, 5.74) is 0.140. The maximum Gasteiger partial charge on any atom is 0.197 e. The molecule has 6 rings (SSSR count). The van der Waals surface area contributed by atoms with Crippen LogP contribution in [0.2, 0.25) is 0 Å². The predicted octanol–water partition coefficient (Wildman–Crippen LogP) is 5.71. The Balaban J connectivity index is 1.66. The van der Waals surface area contributed by atoms with Gasteiger partial charge in [0.1, 0.15) is 62.9 Å². The Labute approximate surface area is 256 Å². The fraction of sp³-hybridized carbons (Fsp3) is 0.176. The van der Waals surface area contributed by atoms with Crippen LogP contribution >= 0.6 is 0 Å². The molecule has 2 atom stereocenters. The minimum absolute atomic E-state index is 0.0368. The van der Waals surface area contributed by atoms with Crippen molar-refractivity contribution in [1.29, 1.82) is 0 Å². The second-order valence-corrected chi connectivity index (χ2v) is 10.3. The molecule has 0 radical (unpaired) electrons. The van der Waals surface area contributed by atoms with Crippen LogP contribution in [0.15, 0.2) is 75.9 Å². The average molecular weight is 613 g/mol. The van der Waals surface area contributed by atoms with E-state index in [1.807, 2.05) is 0 Å². The smallest absolute Gasteiger partial charge is 0.197 e. The first kappa shape index (κ1) is 29.2. The van der Waals surface area contributed by atoms with Gasteiger partial charge in [0.25, 0.3) is 0 Å². The number of Topliss-reactive ketones (excluding diaryl/α,β-unsaturated/α-hetero) is 1. The SMILES string of the molecule is COc1ccc(C2Oc3cc(OC)cc(O)c3C(=O)C2c2c(OC)cc(O)c3c(=O)cc(-c4ccc(OC)c(O)c4)oc23)cc1. The van der Waals surface area contributed by atoms with Gasteiger partial charge in [-0.2, -0.15) is 0 Å². The lowest BCUT2D eigenvalue weighted by molar-refractivity contribution is 0.0772. The number of aromatic hydroxyl groups is 3. The molecule has 0 fully saturated rings. The van der Waals surface area contributed by atoms with Gasteiger partial charge in [-0.25, -0.2) is 0 Å². The number of phenols is 3. The van der Waals surface area contributed by atoms with Crippen molar-refractivity contribution in [3.63, 3.8) is 0 Å². The van der Waals surface area contributed by atoms with E-state index in [1.54, 1.807) is 30.3 Å². The molecule has 4 aromatic carbocycles. The second-order valence-electron chi connectivity index (χ2n) is 10.3. The van der Waals surface area contributed by atoms with E-state index in [2.05, 4.69) is 0 Å². The number of carbonyl (C=O) groups excluding carboxylic acids is 1. The summed E-state index contributed by atoms with van der Waals surface area (Å²) in [7, 11) is 5.70. The van der Waals surface area contributed by atoms with Gasteiger partial charge in [0.15, 0.2) is 22.7 Å². The number of carbonyl (C=O) groups is 1. The lowest BCUT2D eigenvalue weighted by atomic mass is 9.79. The average Bonchev–Trinajstić information content (AvgIpc) is 3.04. The first-order chi connectivity index (χ1) is 21.7. The van der Waals surface area contributed by atoms with Gasteiger partial charge in [-0.3, -0.25) is 9.59 Å². The Morgan fingerprint density at radius 1 is 0.689 bits per heavy atom. The van der Waals surface area contributed by atoms with Crippen LogP contribution in [0.1, 0.15) is 33.5 Å². The lowest BCUT2D eigenvalue weighted by Gasteiger charge is -2.34. The molecule has 0 aliphatic carbocycles. The van der Waals surface area contributed by atoms with Gasteiger partial charge in [0.2, 0.25) is 0 Å². The molecule has 1 aliphatic rings. The molecule has 0 amide bonds. The highest BCUT2D eigenvalue weighted by Crippen LogP contribution is 2.52. The highest BCUT2D eigenvalue weighted by atomic mass is 16.5. The molecule has 45 heavy (non-hydrogen) atoms. The Bertz CT molecular complexity index is 2010. The van der Waals surface area contributed by atoms with Crippen LogP contribution < -0.4 is 29.1 Å². The Morgan fingerprint density at radius 3 is 2.04 bits per heavy atom. The van der Waals surface area contributed by atoms with Crippen molar-refractivity contribution in [2.75, 3.05) is 28.4 Å². The number of phenolic OH excluding ortho intramolecular Hbond substituents is 3. The second kappa shape index (κ2) is 11.3. The van der Waals surface area contributed by atoms with Crippen molar-refractivity contribution >= 4 is 16.8 Å². The number of rotatable bonds is 7. The van der Waals surface area contributed by atoms with E-state index in [0.717, 1.165) is 0 Å². The van der Waals surface area contributed by atoms with Crippen molar-refractivity contribution in [2.45, 2.75) is 12.0 Å². The van der Waals surface area contributed by atoms with Crippen LogP contribution in [-0.2, 0) is 0 Å². The molecular formula is C34H28O11. The van der Waals surface area contributed by atoms with E-state index in [0.29, 0.717) is 16.9 Å². The molecule has 2 unspecified atom stereocenters. The zero-order valence-corrected chi connectivity index (χ0v) is 24.6. The van der Waals surface area contributed by atoms with Gasteiger partial charge in [-0.05, 0) is 35.9 Å². The quantitative estimate of drug-likeness (QED) is 0.207. The third-order valence-electron chi connectivity index (χ3n) is 7.80. The number of ketones is 1. The van der Waals surface area contributed by atoms with Crippen LogP contribution in [0.4, 0.5) is 0 Å². The molecule has 0 spiro atoms. The van der Waals surface area contributed by atoms with E-state index >= 15 is 0 Å². The molecule has 1 aliphatic heterocycles. The largest absolute Gasteiger partial charge is 0.507 e. The number of benzene rings is 4. The van der Waals surface area contributed by atoms with Gasteiger partial charge in [0, 0.05) is 29.8 Å². The number of hydrogen-bond donors (Lipinski definition) is 3.